The van der Waals surface area contributed by atoms with E-state index in [1.807, 2.05) is 24.3 Å². The zero-order valence-corrected chi connectivity index (χ0v) is 13.8. The molecular weight excluding hydrogens is 310 g/mol. The van der Waals surface area contributed by atoms with Gasteiger partial charge in [0, 0.05) is 11.3 Å². The van der Waals surface area contributed by atoms with Gasteiger partial charge in [0.25, 0.3) is 5.56 Å². The van der Waals surface area contributed by atoms with Crippen molar-refractivity contribution in [2.45, 2.75) is 37.8 Å². The lowest BCUT2D eigenvalue weighted by molar-refractivity contribution is -0.113. The number of amides is 1. The van der Waals surface area contributed by atoms with Crippen LogP contribution in [0.5, 0.6) is 0 Å². The Bertz CT molecular complexity index is 786. The van der Waals surface area contributed by atoms with Gasteiger partial charge in [-0.25, -0.2) is 4.98 Å². The number of carbonyl (C=O) groups is 1. The van der Waals surface area contributed by atoms with Crippen LogP contribution in [0.15, 0.2) is 34.2 Å². The fourth-order valence-electron chi connectivity index (χ4n) is 2.76. The average Bonchev–Trinajstić information content (AvgIpc) is 3.02. The first kappa shape index (κ1) is 15.8. The first-order chi connectivity index (χ1) is 11.2. The van der Waals surface area contributed by atoms with E-state index in [0.717, 1.165) is 48.2 Å². The Morgan fingerprint density at radius 3 is 3.00 bits per heavy atom. The predicted molar refractivity (Wildman–Crippen MR) is 92.1 cm³/mol. The van der Waals surface area contributed by atoms with Crippen LogP contribution in [0.2, 0.25) is 0 Å². The van der Waals surface area contributed by atoms with Crippen molar-refractivity contribution in [2.24, 2.45) is 0 Å². The molecule has 0 bridgehead atoms. The number of rotatable bonds is 5. The number of aryl methyl sites for hydroxylation is 2. The topological polar surface area (TPSA) is 74.8 Å². The van der Waals surface area contributed by atoms with Gasteiger partial charge in [0.15, 0.2) is 5.16 Å². The second-order valence-corrected chi connectivity index (χ2v) is 6.46. The number of para-hydroxylation sites is 1. The molecular formula is C17H19N3O2S. The molecule has 0 saturated heterocycles. The zero-order chi connectivity index (χ0) is 16.2. The summed E-state index contributed by atoms with van der Waals surface area (Å²) in [6.07, 6.45) is 3.50. The second kappa shape index (κ2) is 7.00. The Balaban J connectivity index is 1.63. The fraction of sp³-hybridized carbons (Fsp3) is 0.353. The van der Waals surface area contributed by atoms with E-state index < -0.39 is 0 Å². The molecule has 1 aromatic carbocycles. The van der Waals surface area contributed by atoms with Gasteiger partial charge in [0.05, 0.1) is 11.4 Å². The van der Waals surface area contributed by atoms with E-state index in [1.54, 1.807) is 0 Å². The lowest BCUT2D eigenvalue weighted by atomic mass is 10.1. The monoisotopic (exact) mass is 329 g/mol. The maximum Gasteiger partial charge on any atom is 0.254 e. The third-order valence-electron chi connectivity index (χ3n) is 3.93. The minimum Gasteiger partial charge on any atom is -0.325 e. The van der Waals surface area contributed by atoms with Crippen molar-refractivity contribution in [1.29, 1.82) is 0 Å². The highest BCUT2D eigenvalue weighted by molar-refractivity contribution is 7.99. The summed E-state index contributed by atoms with van der Waals surface area (Å²) in [5.74, 6) is 0.124. The predicted octanol–water partition coefficient (Wildman–Crippen LogP) is 2.55. The Labute approximate surface area is 138 Å². The number of hydrogen-bond acceptors (Lipinski definition) is 4. The van der Waals surface area contributed by atoms with Gasteiger partial charge < -0.3 is 10.3 Å². The van der Waals surface area contributed by atoms with E-state index in [-0.39, 0.29) is 17.2 Å². The Hall–Kier alpha value is -2.08. The molecule has 0 fully saturated rings. The highest BCUT2D eigenvalue weighted by Crippen LogP contribution is 2.20. The van der Waals surface area contributed by atoms with Crippen LogP contribution in [0, 0.1) is 0 Å². The van der Waals surface area contributed by atoms with Gasteiger partial charge in [-0.1, -0.05) is 36.9 Å². The summed E-state index contributed by atoms with van der Waals surface area (Å²) >= 11 is 1.26. The number of aromatic amines is 1. The summed E-state index contributed by atoms with van der Waals surface area (Å²) in [6, 6.07) is 7.77. The van der Waals surface area contributed by atoms with E-state index in [2.05, 4.69) is 22.2 Å². The zero-order valence-electron chi connectivity index (χ0n) is 13.0. The van der Waals surface area contributed by atoms with Crippen molar-refractivity contribution in [1.82, 2.24) is 9.97 Å². The van der Waals surface area contributed by atoms with E-state index in [4.69, 9.17) is 0 Å². The fourth-order valence-corrected chi connectivity index (χ4v) is 3.44. The lowest BCUT2D eigenvalue weighted by Crippen LogP contribution is -2.18. The molecule has 0 aliphatic heterocycles. The number of nitrogens with zero attached hydrogens (tertiary/aromatic N) is 1. The van der Waals surface area contributed by atoms with E-state index in [1.165, 1.54) is 11.8 Å². The molecule has 5 nitrogen and oxygen atoms in total. The maximum absolute atomic E-state index is 12.1. The Morgan fingerprint density at radius 2 is 2.17 bits per heavy atom. The van der Waals surface area contributed by atoms with Crippen molar-refractivity contribution in [3.63, 3.8) is 0 Å². The number of carbonyl (C=O) groups excluding carboxylic acids is 1. The first-order valence-corrected chi connectivity index (χ1v) is 8.78. The number of H-pyrrole nitrogens is 1. The highest BCUT2D eigenvalue weighted by Gasteiger charge is 2.17. The van der Waals surface area contributed by atoms with Crippen molar-refractivity contribution in [2.75, 3.05) is 11.1 Å². The normalized spacial score (nSPS) is 12.9. The number of aromatic nitrogens is 2. The van der Waals surface area contributed by atoms with Crippen LogP contribution in [-0.4, -0.2) is 21.6 Å². The highest BCUT2D eigenvalue weighted by atomic mass is 32.2. The van der Waals surface area contributed by atoms with E-state index in [0.29, 0.717) is 5.16 Å². The molecule has 2 aromatic rings. The Kier molecular flexibility index (Phi) is 4.81. The van der Waals surface area contributed by atoms with E-state index in [9.17, 15) is 9.59 Å². The minimum atomic E-state index is -0.0981. The maximum atomic E-state index is 12.1. The minimum absolute atomic E-state index is 0.0632. The molecule has 120 valence electrons. The first-order valence-electron chi connectivity index (χ1n) is 7.80. The SMILES string of the molecule is CCc1ccccc1NC(=O)CSc1nc2c(c(=O)[nH]1)CCC2. The van der Waals surface area contributed by atoms with Gasteiger partial charge in [-0.2, -0.15) is 0 Å². The van der Waals surface area contributed by atoms with Crippen LogP contribution >= 0.6 is 11.8 Å². The van der Waals surface area contributed by atoms with Crippen LogP contribution in [0.4, 0.5) is 5.69 Å². The summed E-state index contributed by atoms with van der Waals surface area (Å²) in [4.78, 5) is 31.3. The molecule has 1 heterocycles. The number of thioether (sulfide) groups is 1. The molecule has 0 atom stereocenters. The number of benzene rings is 1. The van der Waals surface area contributed by atoms with Crippen LogP contribution < -0.4 is 10.9 Å². The smallest absolute Gasteiger partial charge is 0.254 e. The summed E-state index contributed by atoms with van der Waals surface area (Å²) in [7, 11) is 0. The van der Waals surface area contributed by atoms with Crippen LogP contribution in [0.3, 0.4) is 0 Å². The van der Waals surface area contributed by atoms with Crippen molar-refractivity contribution in [3.05, 3.63) is 51.4 Å². The number of hydrogen-bond donors (Lipinski definition) is 2. The van der Waals surface area contributed by atoms with Crippen LogP contribution in [-0.2, 0) is 24.1 Å². The van der Waals surface area contributed by atoms with Crippen molar-refractivity contribution >= 4 is 23.4 Å². The second-order valence-electron chi connectivity index (χ2n) is 5.50. The molecule has 0 spiro atoms. The quantitative estimate of drug-likeness (QED) is 0.653. The summed E-state index contributed by atoms with van der Waals surface area (Å²) in [6.45, 7) is 2.05. The molecule has 23 heavy (non-hydrogen) atoms. The van der Waals surface area contributed by atoms with Crippen LogP contribution in [0.25, 0.3) is 0 Å². The average molecular weight is 329 g/mol. The molecule has 6 heteroatoms. The number of fused-ring (bicyclic) bond motifs is 1. The van der Waals surface area contributed by atoms with Gasteiger partial charge in [0.2, 0.25) is 5.91 Å². The molecule has 0 radical (unpaired) electrons. The van der Waals surface area contributed by atoms with Gasteiger partial charge in [-0.3, -0.25) is 9.59 Å². The van der Waals surface area contributed by atoms with Crippen molar-refractivity contribution < 1.29 is 4.79 Å². The molecule has 0 unspecified atom stereocenters. The van der Waals surface area contributed by atoms with E-state index >= 15 is 0 Å². The summed E-state index contributed by atoms with van der Waals surface area (Å²) in [5.41, 5.74) is 3.57. The summed E-state index contributed by atoms with van der Waals surface area (Å²) in [5, 5.41) is 3.44. The van der Waals surface area contributed by atoms with Gasteiger partial charge in [-0.05, 0) is 37.3 Å². The molecule has 1 aliphatic rings. The largest absolute Gasteiger partial charge is 0.325 e. The number of anilines is 1. The molecule has 1 aliphatic carbocycles. The van der Waals surface area contributed by atoms with Crippen LogP contribution in [0.1, 0.15) is 30.2 Å². The lowest BCUT2D eigenvalue weighted by Gasteiger charge is -2.09. The van der Waals surface area contributed by atoms with Gasteiger partial charge >= 0.3 is 0 Å². The molecule has 2 N–H and O–H groups in total. The number of nitrogens with one attached hydrogen (secondary N) is 2. The van der Waals surface area contributed by atoms with Crippen molar-refractivity contribution in [3.8, 4) is 0 Å². The van der Waals surface area contributed by atoms with Gasteiger partial charge in [0.1, 0.15) is 0 Å². The molecule has 1 amide bonds. The third-order valence-corrected chi connectivity index (χ3v) is 4.81. The standard InChI is InChI=1S/C17H19N3O2S/c1-2-11-6-3-4-8-13(11)18-15(21)10-23-17-19-14-9-5-7-12(14)16(22)20-17/h3-4,6,8H,2,5,7,9-10H2,1H3,(H,18,21)(H,19,20,22). The third kappa shape index (κ3) is 3.64. The van der Waals surface area contributed by atoms with Gasteiger partial charge in [-0.15, -0.1) is 0 Å². The molecule has 0 saturated carbocycles. The molecule has 3 rings (SSSR count). The molecule has 1 aromatic heterocycles. The summed E-state index contributed by atoms with van der Waals surface area (Å²) < 4.78 is 0. The Morgan fingerprint density at radius 1 is 1.35 bits per heavy atom.